The van der Waals surface area contributed by atoms with Crippen LogP contribution in [0.25, 0.3) is 0 Å². The van der Waals surface area contributed by atoms with E-state index in [1.54, 1.807) is 35.6 Å². The van der Waals surface area contributed by atoms with Gasteiger partial charge in [-0.25, -0.2) is 0 Å². The van der Waals surface area contributed by atoms with E-state index in [4.69, 9.17) is 11.6 Å². The first kappa shape index (κ1) is 15.0. The lowest BCUT2D eigenvalue weighted by Gasteiger charge is -2.19. The molecule has 0 aliphatic rings. The van der Waals surface area contributed by atoms with Crippen molar-refractivity contribution >= 4 is 34.5 Å². The lowest BCUT2D eigenvalue weighted by molar-refractivity contribution is -0.117. The summed E-state index contributed by atoms with van der Waals surface area (Å²) >= 11 is 7.53. The lowest BCUT2D eigenvalue weighted by atomic mass is 10.3. The van der Waals surface area contributed by atoms with Crippen molar-refractivity contribution in [2.75, 3.05) is 18.4 Å². The van der Waals surface area contributed by atoms with E-state index in [-0.39, 0.29) is 5.91 Å². The van der Waals surface area contributed by atoms with Gasteiger partial charge in [-0.1, -0.05) is 24.6 Å². The number of nitrogens with one attached hydrogen (secondary N) is 1. The summed E-state index contributed by atoms with van der Waals surface area (Å²) in [6, 6.07) is 11.2. The Hall–Kier alpha value is -1.36. The zero-order valence-corrected chi connectivity index (χ0v) is 12.9. The standard InChI is InChI=1S/C15H17ClN2OS/c1-2-18(10-14-4-3-9-20-14)11-15(19)17-13-7-5-12(16)6-8-13/h3-9H,2,10-11H2,1H3,(H,17,19). The highest BCUT2D eigenvalue weighted by Gasteiger charge is 2.10. The van der Waals surface area contributed by atoms with Gasteiger partial charge in [-0.3, -0.25) is 9.69 Å². The second-order valence-electron chi connectivity index (χ2n) is 4.44. The Bertz CT molecular complexity index is 540. The van der Waals surface area contributed by atoms with Crippen molar-refractivity contribution in [3.8, 4) is 0 Å². The van der Waals surface area contributed by atoms with E-state index in [1.807, 2.05) is 6.07 Å². The van der Waals surface area contributed by atoms with Gasteiger partial charge in [0.15, 0.2) is 0 Å². The largest absolute Gasteiger partial charge is 0.325 e. The predicted octanol–water partition coefficient (Wildman–Crippen LogP) is 3.86. The number of rotatable bonds is 6. The van der Waals surface area contributed by atoms with Crippen molar-refractivity contribution in [3.63, 3.8) is 0 Å². The highest BCUT2D eigenvalue weighted by atomic mass is 35.5. The molecule has 1 N–H and O–H groups in total. The molecule has 3 nitrogen and oxygen atoms in total. The van der Waals surface area contributed by atoms with Crippen LogP contribution in [0.5, 0.6) is 0 Å². The van der Waals surface area contributed by atoms with Crippen LogP contribution < -0.4 is 5.32 Å². The summed E-state index contributed by atoms with van der Waals surface area (Å²) in [7, 11) is 0. The molecule has 0 bridgehead atoms. The summed E-state index contributed by atoms with van der Waals surface area (Å²) in [4.78, 5) is 15.4. The number of likely N-dealkylation sites (N-methyl/N-ethyl adjacent to an activating group) is 1. The fourth-order valence-corrected chi connectivity index (χ4v) is 2.71. The minimum absolute atomic E-state index is 0.00858. The van der Waals surface area contributed by atoms with E-state index >= 15 is 0 Å². The molecular weight excluding hydrogens is 292 g/mol. The molecule has 0 aliphatic heterocycles. The van der Waals surface area contributed by atoms with Gasteiger partial charge >= 0.3 is 0 Å². The van der Waals surface area contributed by atoms with E-state index in [0.717, 1.165) is 18.8 Å². The fourth-order valence-electron chi connectivity index (χ4n) is 1.84. The first-order valence-electron chi connectivity index (χ1n) is 6.47. The predicted molar refractivity (Wildman–Crippen MR) is 85.4 cm³/mol. The molecule has 0 atom stereocenters. The minimum atomic E-state index is -0.00858. The van der Waals surface area contributed by atoms with E-state index in [2.05, 4.69) is 28.6 Å². The molecular formula is C15H17ClN2OS. The first-order chi connectivity index (χ1) is 9.67. The van der Waals surface area contributed by atoms with Crippen LogP contribution in [0.15, 0.2) is 41.8 Å². The monoisotopic (exact) mass is 308 g/mol. The Morgan fingerprint density at radius 1 is 1.30 bits per heavy atom. The third kappa shape index (κ3) is 4.63. The molecule has 0 saturated carbocycles. The third-order valence-corrected chi connectivity index (χ3v) is 4.02. The van der Waals surface area contributed by atoms with Crippen LogP contribution in [0.1, 0.15) is 11.8 Å². The number of anilines is 1. The Morgan fingerprint density at radius 2 is 2.05 bits per heavy atom. The van der Waals surface area contributed by atoms with Crippen molar-refractivity contribution in [3.05, 3.63) is 51.7 Å². The molecule has 5 heteroatoms. The Kier molecular flexibility index (Phi) is 5.59. The molecule has 0 fully saturated rings. The zero-order chi connectivity index (χ0) is 14.4. The summed E-state index contributed by atoms with van der Waals surface area (Å²) in [6.45, 7) is 4.09. The van der Waals surface area contributed by atoms with Crippen LogP contribution in [-0.2, 0) is 11.3 Å². The molecule has 106 valence electrons. The summed E-state index contributed by atoms with van der Waals surface area (Å²) in [5.41, 5.74) is 0.770. The maximum absolute atomic E-state index is 12.0. The number of carbonyl (C=O) groups excluding carboxylic acids is 1. The maximum Gasteiger partial charge on any atom is 0.238 e. The van der Waals surface area contributed by atoms with Crippen LogP contribution in [0.2, 0.25) is 5.02 Å². The number of hydrogen-bond acceptors (Lipinski definition) is 3. The number of thiophene rings is 1. The highest BCUT2D eigenvalue weighted by molar-refractivity contribution is 7.09. The van der Waals surface area contributed by atoms with E-state index < -0.39 is 0 Å². The Labute approximate surface area is 128 Å². The normalized spacial score (nSPS) is 10.8. The maximum atomic E-state index is 12.0. The molecule has 1 amide bonds. The second kappa shape index (κ2) is 7.43. The Balaban J connectivity index is 1.87. The van der Waals surface area contributed by atoms with E-state index in [9.17, 15) is 4.79 Å². The van der Waals surface area contributed by atoms with Crippen LogP contribution in [0.3, 0.4) is 0 Å². The molecule has 0 saturated heterocycles. The first-order valence-corrected chi connectivity index (χ1v) is 7.73. The molecule has 1 aromatic heterocycles. The molecule has 0 spiro atoms. The Morgan fingerprint density at radius 3 is 2.65 bits per heavy atom. The number of amides is 1. The van der Waals surface area contributed by atoms with Gasteiger partial charge in [0, 0.05) is 22.1 Å². The summed E-state index contributed by atoms with van der Waals surface area (Å²) in [5.74, 6) is -0.00858. The molecule has 0 radical (unpaired) electrons. The van der Waals surface area contributed by atoms with Gasteiger partial charge in [-0.05, 0) is 42.3 Å². The number of benzene rings is 1. The molecule has 0 aliphatic carbocycles. The second-order valence-corrected chi connectivity index (χ2v) is 5.91. The van der Waals surface area contributed by atoms with E-state index in [0.29, 0.717) is 11.6 Å². The molecule has 1 aromatic carbocycles. The lowest BCUT2D eigenvalue weighted by Crippen LogP contribution is -2.32. The fraction of sp³-hybridized carbons (Fsp3) is 0.267. The van der Waals surface area contributed by atoms with Gasteiger partial charge in [0.1, 0.15) is 0 Å². The quantitative estimate of drug-likeness (QED) is 0.879. The highest BCUT2D eigenvalue weighted by Crippen LogP contribution is 2.14. The average Bonchev–Trinajstić information content (AvgIpc) is 2.93. The number of carbonyl (C=O) groups is 1. The number of nitrogens with zero attached hydrogens (tertiary/aromatic N) is 1. The van der Waals surface area contributed by atoms with Crippen LogP contribution in [0.4, 0.5) is 5.69 Å². The van der Waals surface area contributed by atoms with Crippen LogP contribution in [0, 0.1) is 0 Å². The van der Waals surface area contributed by atoms with Crippen molar-refractivity contribution in [1.29, 1.82) is 0 Å². The molecule has 1 heterocycles. The van der Waals surface area contributed by atoms with Gasteiger partial charge in [0.25, 0.3) is 0 Å². The summed E-state index contributed by atoms with van der Waals surface area (Å²) in [5, 5.41) is 5.59. The van der Waals surface area contributed by atoms with Crippen molar-refractivity contribution < 1.29 is 4.79 Å². The van der Waals surface area contributed by atoms with Crippen molar-refractivity contribution in [1.82, 2.24) is 4.90 Å². The third-order valence-electron chi connectivity index (χ3n) is 2.90. The average molecular weight is 309 g/mol. The number of halogens is 1. The smallest absolute Gasteiger partial charge is 0.238 e. The topological polar surface area (TPSA) is 32.3 Å². The van der Waals surface area contributed by atoms with Gasteiger partial charge in [0.2, 0.25) is 5.91 Å². The minimum Gasteiger partial charge on any atom is -0.325 e. The SMILES string of the molecule is CCN(CC(=O)Nc1ccc(Cl)cc1)Cc1cccs1. The van der Waals surface area contributed by atoms with Crippen LogP contribution in [-0.4, -0.2) is 23.9 Å². The van der Waals surface area contributed by atoms with Crippen molar-refractivity contribution in [2.45, 2.75) is 13.5 Å². The zero-order valence-electron chi connectivity index (χ0n) is 11.3. The van der Waals surface area contributed by atoms with E-state index in [1.165, 1.54) is 4.88 Å². The van der Waals surface area contributed by atoms with Crippen LogP contribution >= 0.6 is 22.9 Å². The van der Waals surface area contributed by atoms with Gasteiger partial charge in [-0.2, -0.15) is 0 Å². The molecule has 2 rings (SSSR count). The molecule has 2 aromatic rings. The van der Waals surface area contributed by atoms with Gasteiger partial charge in [0.05, 0.1) is 6.54 Å². The summed E-state index contributed by atoms with van der Waals surface area (Å²) in [6.07, 6.45) is 0. The van der Waals surface area contributed by atoms with Gasteiger partial charge in [-0.15, -0.1) is 11.3 Å². The summed E-state index contributed by atoms with van der Waals surface area (Å²) < 4.78 is 0. The molecule has 0 unspecified atom stereocenters. The number of hydrogen-bond donors (Lipinski definition) is 1. The van der Waals surface area contributed by atoms with Crippen molar-refractivity contribution in [2.24, 2.45) is 0 Å². The van der Waals surface area contributed by atoms with Gasteiger partial charge < -0.3 is 5.32 Å². The molecule has 20 heavy (non-hydrogen) atoms.